The van der Waals surface area contributed by atoms with Crippen molar-refractivity contribution in [1.29, 1.82) is 0 Å². The molecule has 0 aromatic heterocycles. The standard InChI is InChI=1S/C18H25FN2O5S/c1-3-26-18(23)17(22)20-10-9-15-6-4-5-11-21(15)27(24,25)16-8-7-14(19)12-13(16)2/h7-8,12,15H,3-6,9-11H2,1-2H3,(H,20,22)/t15-/m0/s1. The van der Waals surface area contributed by atoms with Crippen molar-refractivity contribution < 1.29 is 27.1 Å². The number of hydrogen-bond donors (Lipinski definition) is 1. The number of benzene rings is 1. The lowest BCUT2D eigenvalue weighted by atomic mass is 10.0. The van der Waals surface area contributed by atoms with Gasteiger partial charge in [0.25, 0.3) is 0 Å². The van der Waals surface area contributed by atoms with Crippen LogP contribution < -0.4 is 5.32 Å². The average molecular weight is 400 g/mol. The topological polar surface area (TPSA) is 92.8 Å². The van der Waals surface area contributed by atoms with Gasteiger partial charge in [-0.05, 0) is 56.9 Å². The van der Waals surface area contributed by atoms with Crippen LogP contribution in [0.1, 0.15) is 38.2 Å². The van der Waals surface area contributed by atoms with Crippen LogP contribution in [-0.4, -0.2) is 50.3 Å². The summed E-state index contributed by atoms with van der Waals surface area (Å²) in [7, 11) is -3.77. The first-order valence-corrected chi connectivity index (χ1v) is 10.4. The molecular formula is C18H25FN2O5S. The molecule has 1 atom stereocenters. The Hall–Kier alpha value is -2.00. The molecule has 150 valence electrons. The highest BCUT2D eigenvalue weighted by molar-refractivity contribution is 7.89. The number of carbonyl (C=O) groups is 2. The lowest BCUT2D eigenvalue weighted by Gasteiger charge is -2.35. The molecule has 1 fully saturated rings. The van der Waals surface area contributed by atoms with Gasteiger partial charge in [-0.25, -0.2) is 17.6 Å². The summed E-state index contributed by atoms with van der Waals surface area (Å²) in [5.41, 5.74) is 0.356. The molecule has 1 N–H and O–H groups in total. The number of nitrogens with zero attached hydrogens (tertiary/aromatic N) is 1. The van der Waals surface area contributed by atoms with Gasteiger partial charge in [0.15, 0.2) is 0 Å². The van der Waals surface area contributed by atoms with Crippen molar-refractivity contribution in [3.05, 3.63) is 29.6 Å². The zero-order chi connectivity index (χ0) is 20.0. The number of carbonyl (C=O) groups excluding carboxylic acids is 2. The molecular weight excluding hydrogens is 375 g/mol. The molecule has 1 aliphatic heterocycles. The van der Waals surface area contributed by atoms with E-state index in [9.17, 15) is 22.4 Å². The summed E-state index contributed by atoms with van der Waals surface area (Å²) in [6, 6.07) is 3.33. The zero-order valence-corrected chi connectivity index (χ0v) is 16.4. The molecule has 1 aromatic rings. The first-order chi connectivity index (χ1) is 12.8. The van der Waals surface area contributed by atoms with Crippen LogP contribution in [0.5, 0.6) is 0 Å². The quantitative estimate of drug-likeness (QED) is 0.580. The Morgan fingerprint density at radius 3 is 2.74 bits per heavy atom. The molecule has 27 heavy (non-hydrogen) atoms. The van der Waals surface area contributed by atoms with Crippen LogP contribution in [0.25, 0.3) is 0 Å². The van der Waals surface area contributed by atoms with Gasteiger partial charge in [-0.3, -0.25) is 4.79 Å². The number of amides is 1. The summed E-state index contributed by atoms with van der Waals surface area (Å²) in [4.78, 5) is 23.0. The minimum absolute atomic E-state index is 0.0892. The Labute approximate surface area is 158 Å². The van der Waals surface area contributed by atoms with Crippen LogP contribution in [-0.2, 0) is 24.3 Å². The van der Waals surface area contributed by atoms with Crippen LogP contribution in [0.15, 0.2) is 23.1 Å². The predicted octanol–water partition coefficient (Wildman–Crippen LogP) is 1.75. The Morgan fingerprint density at radius 2 is 2.07 bits per heavy atom. The van der Waals surface area contributed by atoms with Gasteiger partial charge < -0.3 is 10.1 Å². The molecule has 9 heteroatoms. The highest BCUT2D eigenvalue weighted by atomic mass is 32.2. The van der Waals surface area contributed by atoms with Gasteiger partial charge in [0.05, 0.1) is 11.5 Å². The van der Waals surface area contributed by atoms with Crippen molar-refractivity contribution in [3.8, 4) is 0 Å². The molecule has 1 heterocycles. The third kappa shape index (κ3) is 5.26. The molecule has 7 nitrogen and oxygen atoms in total. The number of piperidine rings is 1. The highest BCUT2D eigenvalue weighted by Gasteiger charge is 2.34. The lowest BCUT2D eigenvalue weighted by Crippen LogP contribution is -2.45. The van der Waals surface area contributed by atoms with Crippen molar-refractivity contribution in [2.24, 2.45) is 0 Å². The molecule has 0 bridgehead atoms. The minimum Gasteiger partial charge on any atom is -0.459 e. The number of nitrogens with one attached hydrogen (secondary N) is 1. The SMILES string of the molecule is CCOC(=O)C(=O)NCC[C@@H]1CCCCN1S(=O)(=O)c1ccc(F)cc1C. The normalized spacial score (nSPS) is 18.1. The highest BCUT2D eigenvalue weighted by Crippen LogP contribution is 2.28. The second kappa shape index (κ2) is 9.27. The van der Waals surface area contributed by atoms with E-state index in [1.165, 1.54) is 16.4 Å². The van der Waals surface area contributed by atoms with E-state index >= 15 is 0 Å². The summed E-state index contributed by atoms with van der Waals surface area (Å²) in [5, 5.41) is 2.46. The Kier molecular flexibility index (Phi) is 7.32. The average Bonchev–Trinajstić information content (AvgIpc) is 2.61. The van der Waals surface area contributed by atoms with E-state index in [-0.39, 0.29) is 24.1 Å². The van der Waals surface area contributed by atoms with E-state index in [0.717, 1.165) is 18.9 Å². The fraction of sp³-hybridized carbons (Fsp3) is 0.556. The van der Waals surface area contributed by atoms with Gasteiger partial charge in [0.1, 0.15) is 5.82 Å². The molecule has 0 spiro atoms. The molecule has 0 aliphatic carbocycles. The zero-order valence-electron chi connectivity index (χ0n) is 15.5. The maximum absolute atomic E-state index is 13.3. The summed E-state index contributed by atoms with van der Waals surface area (Å²) >= 11 is 0. The third-order valence-corrected chi connectivity index (χ3v) is 6.63. The van der Waals surface area contributed by atoms with Crippen molar-refractivity contribution >= 4 is 21.9 Å². The lowest BCUT2D eigenvalue weighted by molar-refractivity contribution is -0.154. The van der Waals surface area contributed by atoms with Crippen LogP contribution in [0.4, 0.5) is 4.39 Å². The molecule has 1 amide bonds. The number of esters is 1. The number of ether oxygens (including phenoxy) is 1. The second-order valence-corrected chi connectivity index (χ2v) is 8.30. The van der Waals surface area contributed by atoms with Crippen molar-refractivity contribution in [2.45, 2.75) is 50.5 Å². The number of sulfonamides is 1. The third-order valence-electron chi connectivity index (χ3n) is 4.52. The number of hydrogen-bond acceptors (Lipinski definition) is 5. The van der Waals surface area contributed by atoms with Crippen LogP contribution >= 0.6 is 0 Å². The number of aryl methyl sites for hydroxylation is 1. The Bertz CT molecular complexity index is 797. The number of rotatable bonds is 6. The smallest absolute Gasteiger partial charge is 0.396 e. The van der Waals surface area contributed by atoms with Crippen molar-refractivity contribution in [3.63, 3.8) is 0 Å². The van der Waals surface area contributed by atoms with E-state index in [0.29, 0.717) is 24.9 Å². The van der Waals surface area contributed by atoms with Gasteiger partial charge in [-0.1, -0.05) is 6.42 Å². The molecule has 1 aromatic carbocycles. The summed E-state index contributed by atoms with van der Waals surface area (Å²) in [5.74, 6) is -2.27. The fourth-order valence-electron chi connectivity index (χ4n) is 3.23. The number of halogens is 1. The summed E-state index contributed by atoms with van der Waals surface area (Å²) in [6.07, 6.45) is 2.66. The van der Waals surface area contributed by atoms with E-state index in [4.69, 9.17) is 0 Å². The van der Waals surface area contributed by atoms with E-state index in [1.54, 1.807) is 13.8 Å². The summed E-state index contributed by atoms with van der Waals surface area (Å²) in [6.45, 7) is 3.81. The van der Waals surface area contributed by atoms with Gasteiger partial charge in [0.2, 0.25) is 10.0 Å². The maximum atomic E-state index is 13.3. The van der Waals surface area contributed by atoms with Crippen LogP contribution in [0, 0.1) is 12.7 Å². The molecule has 1 saturated heterocycles. The predicted molar refractivity (Wildman–Crippen MR) is 96.9 cm³/mol. The summed E-state index contributed by atoms with van der Waals surface area (Å²) < 4.78 is 45.5. The van der Waals surface area contributed by atoms with Gasteiger partial charge >= 0.3 is 11.9 Å². The first kappa shape index (κ1) is 21.3. The molecule has 2 rings (SSSR count). The van der Waals surface area contributed by atoms with Crippen LogP contribution in [0.3, 0.4) is 0 Å². The van der Waals surface area contributed by atoms with Crippen LogP contribution in [0.2, 0.25) is 0 Å². The largest absolute Gasteiger partial charge is 0.459 e. The Balaban J connectivity index is 2.08. The molecule has 0 saturated carbocycles. The van der Waals surface area contributed by atoms with Crippen molar-refractivity contribution in [2.75, 3.05) is 19.7 Å². The van der Waals surface area contributed by atoms with Gasteiger partial charge in [-0.2, -0.15) is 4.31 Å². The maximum Gasteiger partial charge on any atom is 0.396 e. The van der Waals surface area contributed by atoms with Gasteiger partial charge in [0, 0.05) is 19.1 Å². The minimum atomic E-state index is -3.77. The van der Waals surface area contributed by atoms with Crippen molar-refractivity contribution in [1.82, 2.24) is 9.62 Å². The van der Waals surface area contributed by atoms with E-state index in [2.05, 4.69) is 10.1 Å². The monoisotopic (exact) mass is 400 g/mol. The molecule has 1 aliphatic rings. The van der Waals surface area contributed by atoms with E-state index < -0.39 is 27.7 Å². The Morgan fingerprint density at radius 1 is 1.33 bits per heavy atom. The molecule has 0 unspecified atom stereocenters. The molecule has 0 radical (unpaired) electrons. The van der Waals surface area contributed by atoms with E-state index in [1.807, 2.05) is 0 Å². The fourth-order valence-corrected chi connectivity index (χ4v) is 5.16. The van der Waals surface area contributed by atoms with Gasteiger partial charge in [-0.15, -0.1) is 0 Å². The first-order valence-electron chi connectivity index (χ1n) is 9.00. The second-order valence-electron chi connectivity index (χ2n) is 6.44.